The second-order valence-corrected chi connectivity index (χ2v) is 6.85. The number of carboxylic acid groups (broad SMARTS) is 5. The van der Waals surface area contributed by atoms with Crippen molar-refractivity contribution in [1.82, 2.24) is 16.0 Å². The lowest BCUT2D eigenvalue weighted by molar-refractivity contribution is -0.147. The van der Waals surface area contributed by atoms with Crippen molar-refractivity contribution < 1.29 is 63.9 Å². The van der Waals surface area contributed by atoms with Gasteiger partial charge in [-0.3, -0.25) is 33.6 Å². The summed E-state index contributed by atoms with van der Waals surface area (Å²) in [6.07, 6.45) is -4.26. The van der Waals surface area contributed by atoms with Crippen LogP contribution in [0.15, 0.2) is 0 Å². The van der Waals surface area contributed by atoms with Crippen molar-refractivity contribution in [3.63, 3.8) is 0 Å². The Hall–Kier alpha value is -4.28. The van der Waals surface area contributed by atoms with E-state index in [1.54, 1.807) is 0 Å². The zero-order chi connectivity index (χ0) is 26.6. The summed E-state index contributed by atoms with van der Waals surface area (Å²) < 4.78 is 0. The quantitative estimate of drug-likeness (QED) is 0.0996. The number of nitrogens with two attached hydrogens (primary N) is 1. The number of amides is 3. The van der Waals surface area contributed by atoms with Gasteiger partial charge in [0.2, 0.25) is 17.7 Å². The summed E-state index contributed by atoms with van der Waals surface area (Å²) in [5.74, 6) is -11.6. The van der Waals surface area contributed by atoms with Gasteiger partial charge in [0, 0.05) is 6.42 Å². The van der Waals surface area contributed by atoms with Crippen molar-refractivity contribution in [2.24, 2.45) is 5.73 Å². The first-order valence-corrected chi connectivity index (χ1v) is 9.40. The fourth-order valence-electron chi connectivity index (χ4n) is 2.40. The lowest BCUT2D eigenvalue weighted by Crippen LogP contribution is -2.57. The van der Waals surface area contributed by atoms with Crippen LogP contribution in [0.2, 0.25) is 0 Å². The zero-order valence-electron chi connectivity index (χ0n) is 17.4. The van der Waals surface area contributed by atoms with Gasteiger partial charge in [-0.25, -0.2) is 4.79 Å². The second kappa shape index (κ2) is 14.0. The molecule has 0 fully saturated rings. The third kappa shape index (κ3) is 11.9. The molecule has 0 radical (unpaired) electrons. The number of hydrogen-bond donors (Lipinski definition) is 9. The van der Waals surface area contributed by atoms with E-state index in [1.807, 2.05) is 16.0 Å². The van der Waals surface area contributed by atoms with E-state index in [-0.39, 0.29) is 0 Å². The van der Waals surface area contributed by atoms with E-state index in [0.29, 0.717) is 0 Å². The van der Waals surface area contributed by atoms with Gasteiger partial charge in [-0.05, 0) is 6.42 Å². The third-order valence-corrected chi connectivity index (χ3v) is 4.02. The Bertz CT molecular complexity index is 843. The lowest BCUT2D eigenvalue weighted by atomic mass is 10.1. The Balaban J connectivity index is 5.63. The van der Waals surface area contributed by atoms with E-state index in [4.69, 9.17) is 31.3 Å². The smallest absolute Gasteiger partial charge is 0.326 e. The summed E-state index contributed by atoms with van der Waals surface area (Å²) >= 11 is 0. The van der Waals surface area contributed by atoms with E-state index in [9.17, 15) is 38.4 Å². The Morgan fingerprint density at radius 3 is 1.41 bits per heavy atom. The van der Waals surface area contributed by atoms with E-state index in [0.717, 1.165) is 0 Å². The van der Waals surface area contributed by atoms with Crippen molar-refractivity contribution >= 4 is 47.6 Å². The van der Waals surface area contributed by atoms with Crippen molar-refractivity contribution in [3.05, 3.63) is 0 Å². The van der Waals surface area contributed by atoms with Gasteiger partial charge in [-0.15, -0.1) is 0 Å². The van der Waals surface area contributed by atoms with Crippen molar-refractivity contribution in [2.45, 2.75) is 56.3 Å². The number of hydrogen-bond acceptors (Lipinski definition) is 9. The summed E-state index contributed by atoms with van der Waals surface area (Å²) in [7, 11) is 0. The maximum absolute atomic E-state index is 12.5. The highest BCUT2D eigenvalue weighted by Gasteiger charge is 2.32. The molecule has 0 aromatic carbocycles. The number of rotatable bonds is 16. The summed E-state index contributed by atoms with van der Waals surface area (Å²) in [5.41, 5.74) is 5.35. The molecule has 0 aliphatic carbocycles. The number of nitrogens with one attached hydrogen (secondary N) is 3. The Kier molecular flexibility index (Phi) is 12.2. The molecule has 17 nitrogen and oxygen atoms in total. The average Bonchev–Trinajstić information content (AvgIpc) is 2.68. The van der Waals surface area contributed by atoms with E-state index >= 15 is 0 Å². The molecule has 17 heteroatoms. The first-order valence-electron chi connectivity index (χ1n) is 9.40. The Morgan fingerprint density at radius 2 is 0.971 bits per heavy atom. The predicted molar refractivity (Wildman–Crippen MR) is 105 cm³/mol. The average molecular weight is 492 g/mol. The molecule has 0 heterocycles. The van der Waals surface area contributed by atoms with Crippen LogP contribution in [0.25, 0.3) is 0 Å². The van der Waals surface area contributed by atoms with E-state index in [1.165, 1.54) is 0 Å². The molecule has 3 amide bonds. The lowest BCUT2D eigenvalue weighted by Gasteiger charge is -2.24. The second-order valence-electron chi connectivity index (χ2n) is 6.85. The van der Waals surface area contributed by atoms with Gasteiger partial charge in [0.1, 0.15) is 18.1 Å². The van der Waals surface area contributed by atoms with E-state index in [2.05, 4.69) is 0 Å². The highest BCUT2D eigenvalue weighted by atomic mass is 16.4. The topological polar surface area (TPSA) is 300 Å². The van der Waals surface area contributed by atoms with Crippen LogP contribution in [-0.4, -0.2) is 97.3 Å². The molecule has 0 aromatic heterocycles. The van der Waals surface area contributed by atoms with Gasteiger partial charge in [0.05, 0.1) is 25.3 Å². The zero-order valence-corrected chi connectivity index (χ0v) is 17.4. The molecule has 0 rings (SSSR count). The number of carbonyl (C=O) groups is 8. The van der Waals surface area contributed by atoms with Gasteiger partial charge in [-0.2, -0.15) is 0 Å². The monoisotopic (exact) mass is 492 g/mol. The molecule has 190 valence electrons. The molecule has 4 atom stereocenters. The summed E-state index contributed by atoms with van der Waals surface area (Å²) in [6, 6.07) is -7.22. The fraction of sp³-hybridized carbons (Fsp3) is 0.529. The molecule has 0 aromatic rings. The standard InChI is InChI=1S/C17H24N4O13/c18-6(3-11(24)25)14(30)20-8(4-12(26)27)16(32)19-7(1-2-10(22)23)15(31)21-9(17(33)34)5-13(28)29/h6-9H,1-5,18H2,(H,19,32)(H,20,30)(H,21,31)(H,22,23)(H,24,25)(H,26,27)(H,28,29)(H,33,34). The van der Waals surface area contributed by atoms with Gasteiger partial charge < -0.3 is 47.2 Å². The van der Waals surface area contributed by atoms with Gasteiger partial charge in [0.25, 0.3) is 0 Å². The molecule has 0 saturated heterocycles. The molecular formula is C17H24N4O13. The third-order valence-electron chi connectivity index (χ3n) is 4.02. The van der Waals surface area contributed by atoms with Crippen LogP contribution in [-0.2, 0) is 38.4 Å². The fourth-order valence-corrected chi connectivity index (χ4v) is 2.40. The van der Waals surface area contributed by atoms with Crippen LogP contribution in [0.3, 0.4) is 0 Å². The molecule has 0 bridgehead atoms. The van der Waals surface area contributed by atoms with Crippen LogP contribution in [0.5, 0.6) is 0 Å². The van der Waals surface area contributed by atoms with E-state index < -0.39 is 104 Å². The van der Waals surface area contributed by atoms with Crippen LogP contribution < -0.4 is 21.7 Å². The molecule has 0 aliphatic heterocycles. The van der Waals surface area contributed by atoms with Crippen LogP contribution in [0.4, 0.5) is 0 Å². The summed E-state index contributed by atoms with van der Waals surface area (Å²) in [4.78, 5) is 91.4. The van der Waals surface area contributed by atoms with Crippen molar-refractivity contribution in [2.75, 3.05) is 0 Å². The highest BCUT2D eigenvalue weighted by molar-refractivity contribution is 5.96. The molecule has 34 heavy (non-hydrogen) atoms. The Morgan fingerprint density at radius 1 is 0.559 bits per heavy atom. The maximum Gasteiger partial charge on any atom is 0.326 e. The molecule has 0 aliphatic rings. The molecule has 0 saturated carbocycles. The van der Waals surface area contributed by atoms with Gasteiger partial charge >= 0.3 is 29.8 Å². The minimum Gasteiger partial charge on any atom is -0.481 e. The Labute approximate surface area is 190 Å². The summed E-state index contributed by atoms with van der Waals surface area (Å²) in [6.45, 7) is 0. The predicted octanol–water partition coefficient (Wildman–Crippen LogP) is -3.86. The van der Waals surface area contributed by atoms with Crippen molar-refractivity contribution in [3.8, 4) is 0 Å². The molecular weight excluding hydrogens is 468 g/mol. The summed E-state index contributed by atoms with van der Waals surface area (Å²) in [5, 5.41) is 49.9. The first-order chi connectivity index (χ1) is 15.6. The van der Waals surface area contributed by atoms with Crippen molar-refractivity contribution in [1.29, 1.82) is 0 Å². The molecule has 10 N–H and O–H groups in total. The number of carboxylic acids is 5. The van der Waals surface area contributed by atoms with Crippen LogP contribution >= 0.6 is 0 Å². The number of aliphatic carboxylic acids is 5. The van der Waals surface area contributed by atoms with Crippen LogP contribution in [0.1, 0.15) is 32.1 Å². The highest BCUT2D eigenvalue weighted by Crippen LogP contribution is 2.04. The molecule has 4 unspecified atom stereocenters. The normalized spacial score (nSPS) is 13.9. The number of carbonyl (C=O) groups excluding carboxylic acids is 3. The van der Waals surface area contributed by atoms with Gasteiger partial charge in [0.15, 0.2) is 0 Å². The van der Waals surface area contributed by atoms with Gasteiger partial charge in [-0.1, -0.05) is 0 Å². The minimum atomic E-state index is -1.93. The SMILES string of the molecule is NC(CC(=O)O)C(=O)NC(CC(=O)O)C(=O)NC(CCC(=O)O)C(=O)NC(CC(=O)O)C(=O)O. The first kappa shape index (κ1) is 29.7. The largest absolute Gasteiger partial charge is 0.481 e. The minimum absolute atomic E-state index is 0.613. The molecule has 0 spiro atoms. The maximum atomic E-state index is 12.5. The van der Waals surface area contributed by atoms with Crippen LogP contribution in [0, 0.1) is 0 Å².